The number of carboxylic acids is 1. The molecule has 1 saturated carbocycles. The fraction of sp³-hybridized carbons (Fsp3) is 0.357. The predicted octanol–water partition coefficient (Wildman–Crippen LogP) is 2.85. The third kappa shape index (κ3) is 2.30. The standard InChI is InChI=1S/C14H13FO3/c1-2-6-14(7-3-8-14)18-12-9-10(13(16)17)4-5-11(12)15/h4-5,9H,3,7-8H2,1H3,(H,16,17). The summed E-state index contributed by atoms with van der Waals surface area (Å²) in [5, 5.41) is 8.87. The van der Waals surface area contributed by atoms with E-state index in [-0.39, 0.29) is 11.3 Å². The quantitative estimate of drug-likeness (QED) is 0.837. The van der Waals surface area contributed by atoms with Gasteiger partial charge in [0, 0.05) is 0 Å². The molecule has 0 unspecified atom stereocenters. The maximum absolute atomic E-state index is 13.6. The van der Waals surface area contributed by atoms with Crippen molar-refractivity contribution in [3.63, 3.8) is 0 Å². The van der Waals surface area contributed by atoms with Gasteiger partial charge in [0.1, 0.15) is 0 Å². The van der Waals surface area contributed by atoms with Crippen molar-refractivity contribution in [1.29, 1.82) is 0 Å². The Morgan fingerprint density at radius 1 is 1.50 bits per heavy atom. The lowest BCUT2D eigenvalue weighted by Gasteiger charge is -2.37. The van der Waals surface area contributed by atoms with Gasteiger partial charge in [0.2, 0.25) is 0 Å². The monoisotopic (exact) mass is 248 g/mol. The summed E-state index contributed by atoms with van der Waals surface area (Å²) in [7, 11) is 0. The molecule has 1 aliphatic carbocycles. The minimum atomic E-state index is -1.11. The average molecular weight is 248 g/mol. The van der Waals surface area contributed by atoms with Crippen LogP contribution in [0.4, 0.5) is 4.39 Å². The molecule has 18 heavy (non-hydrogen) atoms. The Kier molecular flexibility index (Phi) is 3.24. The Balaban J connectivity index is 2.29. The lowest BCUT2D eigenvalue weighted by Crippen LogP contribution is -2.41. The highest BCUT2D eigenvalue weighted by atomic mass is 19.1. The van der Waals surface area contributed by atoms with Crippen LogP contribution in [0.3, 0.4) is 0 Å². The Hall–Kier alpha value is -2.02. The van der Waals surface area contributed by atoms with E-state index in [1.165, 1.54) is 12.1 Å². The Morgan fingerprint density at radius 2 is 2.22 bits per heavy atom. The van der Waals surface area contributed by atoms with Gasteiger partial charge in [-0.15, -0.1) is 5.92 Å². The molecule has 0 atom stereocenters. The highest BCUT2D eigenvalue weighted by Gasteiger charge is 2.38. The highest BCUT2D eigenvalue weighted by molar-refractivity contribution is 5.88. The van der Waals surface area contributed by atoms with E-state index in [2.05, 4.69) is 11.8 Å². The van der Waals surface area contributed by atoms with E-state index in [4.69, 9.17) is 9.84 Å². The van der Waals surface area contributed by atoms with Crippen molar-refractivity contribution >= 4 is 5.97 Å². The molecule has 0 aliphatic heterocycles. The van der Waals surface area contributed by atoms with Crippen LogP contribution in [-0.4, -0.2) is 16.7 Å². The molecular formula is C14H13FO3. The van der Waals surface area contributed by atoms with Crippen LogP contribution in [0.2, 0.25) is 0 Å². The average Bonchev–Trinajstić information content (AvgIpc) is 2.28. The minimum absolute atomic E-state index is 0.00494. The molecule has 3 nitrogen and oxygen atoms in total. The molecule has 1 N–H and O–H groups in total. The molecule has 0 bridgehead atoms. The summed E-state index contributed by atoms with van der Waals surface area (Å²) in [6.45, 7) is 1.70. The van der Waals surface area contributed by atoms with Gasteiger partial charge in [-0.2, -0.15) is 0 Å². The molecule has 0 radical (unpaired) electrons. The number of halogens is 1. The van der Waals surface area contributed by atoms with E-state index < -0.39 is 17.4 Å². The van der Waals surface area contributed by atoms with Crippen LogP contribution >= 0.6 is 0 Å². The molecule has 0 heterocycles. The first-order valence-corrected chi connectivity index (χ1v) is 5.72. The van der Waals surface area contributed by atoms with E-state index in [1.54, 1.807) is 6.92 Å². The second kappa shape index (κ2) is 4.69. The van der Waals surface area contributed by atoms with E-state index in [0.717, 1.165) is 25.3 Å². The zero-order valence-corrected chi connectivity index (χ0v) is 10.00. The maximum atomic E-state index is 13.6. The number of hydrogen-bond donors (Lipinski definition) is 1. The molecule has 4 heteroatoms. The first-order chi connectivity index (χ1) is 8.56. The first kappa shape index (κ1) is 12.4. The smallest absolute Gasteiger partial charge is 0.335 e. The number of ether oxygens (including phenoxy) is 1. The van der Waals surface area contributed by atoms with Gasteiger partial charge in [0.25, 0.3) is 0 Å². The van der Waals surface area contributed by atoms with Crippen LogP contribution in [0.15, 0.2) is 18.2 Å². The lowest BCUT2D eigenvalue weighted by molar-refractivity contribution is 0.0455. The topological polar surface area (TPSA) is 46.5 Å². The lowest BCUT2D eigenvalue weighted by atomic mass is 9.80. The van der Waals surface area contributed by atoms with Crippen LogP contribution in [0.5, 0.6) is 5.75 Å². The zero-order valence-electron chi connectivity index (χ0n) is 10.00. The fourth-order valence-corrected chi connectivity index (χ4v) is 1.90. The van der Waals surface area contributed by atoms with Gasteiger partial charge < -0.3 is 9.84 Å². The van der Waals surface area contributed by atoms with Crippen LogP contribution in [0.1, 0.15) is 36.5 Å². The molecule has 2 rings (SSSR count). The largest absolute Gasteiger partial charge is 0.478 e. The highest BCUT2D eigenvalue weighted by Crippen LogP contribution is 2.37. The third-order valence-corrected chi connectivity index (χ3v) is 3.00. The second-order valence-corrected chi connectivity index (χ2v) is 4.28. The molecule has 0 saturated heterocycles. The minimum Gasteiger partial charge on any atom is -0.478 e. The van der Waals surface area contributed by atoms with E-state index in [0.29, 0.717) is 0 Å². The normalized spacial score (nSPS) is 16.1. The van der Waals surface area contributed by atoms with Crippen molar-refractivity contribution in [3.05, 3.63) is 29.6 Å². The molecule has 1 aliphatic rings. The van der Waals surface area contributed by atoms with Crippen LogP contribution in [-0.2, 0) is 0 Å². The van der Waals surface area contributed by atoms with Crippen molar-refractivity contribution < 1.29 is 19.0 Å². The van der Waals surface area contributed by atoms with Gasteiger partial charge in [-0.25, -0.2) is 9.18 Å². The number of carboxylic acid groups (broad SMARTS) is 1. The van der Waals surface area contributed by atoms with Crippen LogP contribution in [0, 0.1) is 17.7 Å². The first-order valence-electron chi connectivity index (χ1n) is 5.72. The Labute approximate surface area is 105 Å². The van der Waals surface area contributed by atoms with E-state index in [1.807, 2.05) is 0 Å². The van der Waals surface area contributed by atoms with Gasteiger partial charge in [-0.1, -0.05) is 5.92 Å². The molecular weight excluding hydrogens is 235 g/mol. The number of hydrogen-bond acceptors (Lipinski definition) is 2. The number of carbonyl (C=O) groups is 1. The van der Waals surface area contributed by atoms with Gasteiger partial charge in [-0.3, -0.25) is 0 Å². The summed E-state index contributed by atoms with van der Waals surface area (Å²) >= 11 is 0. The summed E-state index contributed by atoms with van der Waals surface area (Å²) in [6.07, 6.45) is 2.46. The summed E-state index contributed by atoms with van der Waals surface area (Å²) < 4.78 is 19.2. The number of benzene rings is 1. The van der Waals surface area contributed by atoms with Crippen LogP contribution in [0.25, 0.3) is 0 Å². The van der Waals surface area contributed by atoms with Gasteiger partial charge >= 0.3 is 5.97 Å². The van der Waals surface area contributed by atoms with Crippen LogP contribution < -0.4 is 4.74 Å². The zero-order chi connectivity index (χ0) is 13.2. The van der Waals surface area contributed by atoms with E-state index in [9.17, 15) is 9.18 Å². The van der Waals surface area contributed by atoms with Crippen molar-refractivity contribution in [3.8, 4) is 17.6 Å². The molecule has 1 aromatic carbocycles. The summed E-state index contributed by atoms with van der Waals surface area (Å²) in [4.78, 5) is 10.8. The fourth-order valence-electron chi connectivity index (χ4n) is 1.90. The molecule has 0 aromatic heterocycles. The summed E-state index contributed by atoms with van der Waals surface area (Å²) in [5.74, 6) is 3.99. The SMILES string of the molecule is CC#CC1(Oc2cc(C(=O)O)ccc2F)CCC1. The predicted molar refractivity (Wildman–Crippen MR) is 64.0 cm³/mol. The number of aromatic carboxylic acids is 1. The molecule has 1 aromatic rings. The van der Waals surface area contributed by atoms with Gasteiger partial charge in [-0.05, 0) is 44.4 Å². The summed E-state index contributed by atoms with van der Waals surface area (Å²) in [5.41, 5.74) is -0.641. The second-order valence-electron chi connectivity index (χ2n) is 4.28. The van der Waals surface area contributed by atoms with Gasteiger partial charge in [0.05, 0.1) is 5.56 Å². The van der Waals surface area contributed by atoms with Crippen molar-refractivity contribution in [2.75, 3.05) is 0 Å². The Morgan fingerprint density at radius 3 is 2.72 bits per heavy atom. The molecule has 94 valence electrons. The molecule has 0 amide bonds. The molecule has 0 spiro atoms. The van der Waals surface area contributed by atoms with Gasteiger partial charge in [0.15, 0.2) is 17.2 Å². The van der Waals surface area contributed by atoms with Crippen molar-refractivity contribution in [2.45, 2.75) is 31.8 Å². The maximum Gasteiger partial charge on any atom is 0.335 e. The third-order valence-electron chi connectivity index (χ3n) is 3.00. The molecule has 1 fully saturated rings. The summed E-state index contributed by atoms with van der Waals surface area (Å²) in [6, 6.07) is 3.52. The Bertz CT molecular complexity index is 536. The van der Waals surface area contributed by atoms with Crippen molar-refractivity contribution in [2.24, 2.45) is 0 Å². The number of rotatable bonds is 3. The van der Waals surface area contributed by atoms with Crippen molar-refractivity contribution in [1.82, 2.24) is 0 Å². The van der Waals surface area contributed by atoms with E-state index >= 15 is 0 Å².